The van der Waals surface area contributed by atoms with Gasteiger partial charge < -0.3 is 15.0 Å². The Balaban J connectivity index is 1.57. The van der Waals surface area contributed by atoms with Crippen molar-refractivity contribution in [2.24, 2.45) is 0 Å². The minimum absolute atomic E-state index is 0.0916. The van der Waals surface area contributed by atoms with Crippen LogP contribution in [-0.4, -0.2) is 57.0 Å². The highest BCUT2D eigenvalue weighted by molar-refractivity contribution is 7.89. The van der Waals surface area contributed by atoms with Crippen molar-refractivity contribution >= 4 is 32.8 Å². The van der Waals surface area contributed by atoms with E-state index in [-0.39, 0.29) is 29.4 Å². The Labute approximate surface area is 175 Å². The number of anilines is 3. The van der Waals surface area contributed by atoms with Crippen LogP contribution in [0.15, 0.2) is 47.4 Å². The van der Waals surface area contributed by atoms with Crippen LogP contribution in [0.1, 0.15) is 12.8 Å². The van der Waals surface area contributed by atoms with E-state index in [0.717, 1.165) is 24.8 Å². The Hall–Kier alpha value is -2.69. The fourth-order valence-electron chi connectivity index (χ4n) is 3.75. The summed E-state index contributed by atoms with van der Waals surface area (Å²) in [6.45, 7) is 3.18. The molecule has 9 nitrogen and oxygen atoms in total. The standard InChI is InChI=1S/C20H24N4O5S/c25-24(26)20-15-18(30(27,28)23-11-13-29-14-12-23)7-8-19(20)21-16-3-5-17(6-4-16)22-9-1-2-10-22/h3-8,15,21H,1-2,9-14H2. The molecule has 0 aliphatic carbocycles. The number of hydrogen-bond acceptors (Lipinski definition) is 7. The highest BCUT2D eigenvalue weighted by Gasteiger charge is 2.29. The molecular weight excluding hydrogens is 408 g/mol. The lowest BCUT2D eigenvalue weighted by Gasteiger charge is -2.26. The number of hydrogen-bond donors (Lipinski definition) is 1. The summed E-state index contributed by atoms with van der Waals surface area (Å²) in [7, 11) is -3.81. The van der Waals surface area contributed by atoms with E-state index in [1.54, 1.807) is 0 Å². The van der Waals surface area contributed by atoms with Crippen molar-refractivity contribution in [3.63, 3.8) is 0 Å². The minimum atomic E-state index is -3.81. The van der Waals surface area contributed by atoms with E-state index in [1.165, 1.54) is 29.3 Å². The smallest absolute Gasteiger partial charge is 0.294 e. The van der Waals surface area contributed by atoms with Gasteiger partial charge in [-0.2, -0.15) is 4.31 Å². The van der Waals surface area contributed by atoms with Crippen molar-refractivity contribution in [1.82, 2.24) is 4.31 Å². The van der Waals surface area contributed by atoms with Gasteiger partial charge in [-0.1, -0.05) is 0 Å². The number of morpholine rings is 1. The largest absolute Gasteiger partial charge is 0.379 e. The molecule has 2 fully saturated rings. The van der Waals surface area contributed by atoms with Crippen molar-refractivity contribution in [1.29, 1.82) is 0 Å². The van der Waals surface area contributed by atoms with Gasteiger partial charge in [0, 0.05) is 43.6 Å². The Morgan fingerprint density at radius 1 is 0.967 bits per heavy atom. The van der Waals surface area contributed by atoms with E-state index in [4.69, 9.17) is 4.74 Å². The number of nitro benzene ring substituents is 1. The van der Waals surface area contributed by atoms with Crippen LogP contribution in [0.5, 0.6) is 0 Å². The molecule has 0 bridgehead atoms. The van der Waals surface area contributed by atoms with E-state index in [2.05, 4.69) is 10.2 Å². The maximum absolute atomic E-state index is 12.8. The topological polar surface area (TPSA) is 105 Å². The first kappa shape index (κ1) is 20.6. The molecule has 2 aromatic rings. The van der Waals surface area contributed by atoms with E-state index in [9.17, 15) is 18.5 Å². The van der Waals surface area contributed by atoms with Gasteiger partial charge in [0.1, 0.15) is 5.69 Å². The van der Waals surface area contributed by atoms with Gasteiger partial charge in [0.25, 0.3) is 5.69 Å². The Bertz CT molecular complexity index is 1010. The van der Waals surface area contributed by atoms with Gasteiger partial charge in [-0.25, -0.2) is 8.42 Å². The summed E-state index contributed by atoms with van der Waals surface area (Å²) in [4.78, 5) is 13.3. The van der Waals surface area contributed by atoms with Crippen LogP contribution >= 0.6 is 0 Å². The molecule has 0 aromatic heterocycles. The third-order valence-electron chi connectivity index (χ3n) is 5.39. The number of nitro groups is 1. The van der Waals surface area contributed by atoms with E-state index in [1.807, 2.05) is 24.3 Å². The Kier molecular flexibility index (Phi) is 5.89. The normalized spacial score (nSPS) is 17.8. The summed E-state index contributed by atoms with van der Waals surface area (Å²) < 4.78 is 32.1. The first-order valence-corrected chi connectivity index (χ1v) is 11.4. The van der Waals surface area contributed by atoms with Crippen LogP contribution in [0.4, 0.5) is 22.7 Å². The van der Waals surface area contributed by atoms with Crippen LogP contribution < -0.4 is 10.2 Å². The van der Waals surface area contributed by atoms with Gasteiger partial charge in [0.15, 0.2) is 0 Å². The number of sulfonamides is 1. The van der Waals surface area contributed by atoms with Crippen LogP contribution in [0, 0.1) is 10.1 Å². The molecule has 160 valence electrons. The Morgan fingerprint density at radius 3 is 2.27 bits per heavy atom. The molecule has 4 rings (SSSR count). The molecule has 0 atom stereocenters. The molecule has 0 unspecified atom stereocenters. The maximum Gasteiger partial charge on any atom is 0.294 e. The zero-order valence-electron chi connectivity index (χ0n) is 16.5. The van der Waals surface area contributed by atoms with Crippen molar-refractivity contribution in [2.45, 2.75) is 17.7 Å². The number of benzene rings is 2. The summed E-state index contributed by atoms with van der Waals surface area (Å²) in [6.07, 6.45) is 2.37. The van der Waals surface area contributed by atoms with Crippen molar-refractivity contribution in [2.75, 3.05) is 49.6 Å². The lowest BCUT2D eigenvalue weighted by molar-refractivity contribution is -0.384. The SMILES string of the molecule is O=[N+]([O-])c1cc(S(=O)(=O)N2CCOCC2)ccc1Nc1ccc(N2CCCC2)cc1. The molecule has 2 heterocycles. The summed E-state index contributed by atoms with van der Waals surface area (Å²) in [5, 5.41) is 14.7. The Morgan fingerprint density at radius 2 is 1.63 bits per heavy atom. The molecule has 2 aromatic carbocycles. The lowest BCUT2D eigenvalue weighted by atomic mass is 10.2. The summed E-state index contributed by atoms with van der Waals surface area (Å²) >= 11 is 0. The van der Waals surface area contributed by atoms with E-state index < -0.39 is 14.9 Å². The molecule has 0 saturated carbocycles. The molecule has 30 heavy (non-hydrogen) atoms. The number of nitrogens with zero attached hydrogens (tertiary/aromatic N) is 3. The minimum Gasteiger partial charge on any atom is -0.379 e. The zero-order valence-corrected chi connectivity index (χ0v) is 17.3. The van der Waals surface area contributed by atoms with Crippen LogP contribution in [0.25, 0.3) is 0 Å². The number of rotatable bonds is 6. The summed E-state index contributed by atoms with van der Waals surface area (Å²) in [6, 6.07) is 11.7. The average molecular weight is 433 g/mol. The second kappa shape index (κ2) is 8.58. The van der Waals surface area contributed by atoms with Crippen LogP contribution in [-0.2, 0) is 14.8 Å². The second-order valence-corrected chi connectivity index (χ2v) is 9.26. The quantitative estimate of drug-likeness (QED) is 0.553. The van der Waals surface area contributed by atoms with Crippen LogP contribution in [0.3, 0.4) is 0 Å². The van der Waals surface area contributed by atoms with E-state index in [0.29, 0.717) is 18.9 Å². The van der Waals surface area contributed by atoms with Gasteiger partial charge in [-0.05, 0) is 49.2 Å². The van der Waals surface area contributed by atoms with Crippen molar-refractivity contribution in [3.05, 3.63) is 52.6 Å². The predicted octanol–water partition coefficient (Wildman–Crippen LogP) is 2.96. The molecular formula is C20H24N4O5S. The maximum atomic E-state index is 12.8. The number of nitrogens with one attached hydrogen (secondary N) is 1. The zero-order chi connectivity index (χ0) is 21.1. The van der Waals surface area contributed by atoms with Gasteiger partial charge in [0.2, 0.25) is 10.0 Å². The first-order valence-electron chi connectivity index (χ1n) is 9.93. The third-order valence-corrected chi connectivity index (χ3v) is 7.29. The fraction of sp³-hybridized carbons (Fsp3) is 0.400. The molecule has 2 aliphatic heterocycles. The highest BCUT2D eigenvalue weighted by Crippen LogP contribution is 2.32. The van der Waals surface area contributed by atoms with Crippen LogP contribution in [0.2, 0.25) is 0 Å². The average Bonchev–Trinajstić information content (AvgIpc) is 3.30. The van der Waals surface area contributed by atoms with Gasteiger partial charge >= 0.3 is 0 Å². The third kappa shape index (κ3) is 4.25. The summed E-state index contributed by atoms with van der Waals surface area (Å²) in [5.74, 6) is 0. The van der Waals surface area contributed by atoms with Gasteiger partial charge in [-0.3, -0.25) is 10.1 Å². The van der Waals surface area contributed by atoms with Crippen molar-refractivity contribution < 1.29 is 18.1 Å². The lowest BCUT2D eigenvalue weighted by Crippen LogP contribution is -2.40. The van der Waals surface area contributed by atoms with Gasteiger partial charge in [0.05, 0.1) is 23.0 Å². The number of ether oxygens (including phenoxy) is 1. The monoisotopic (exact) mass is 432 g/mol. The first-order chi connectivity index (χ1) is 14.4. The molecule has 10 heteroatoms. The molecule has 0 spiro atoms. The highest BCUT2D eigenvalue weighted by atomic mass is 32.2. The van der Waals surface area contributed by atoms with Crippen molar-refractivity contribution in [3.8, 4) is 0 Å². The molecule has 1 N–H and O–H groups in total. The molecule has 0 amide bonds. The van der Waals surface area contributed by atoms with E-state index >= 15 is 0 Å². The van der Waals surface area contributed by atoms with Gasteiger partial charge in [-0.15, -0.1) is 0 Å². The molecule has 2 aliphatic rings. The predicted molar refractivity (Wildman–Crippen MR) is 114 cm³/mol. The summed E-state index contributed by atoms with van der Waals surface area (Å²) in [5.41, 5.74) is 1.78. The fourth-order valence-corrected chi connectivity index (χ4v) is 5.18. The molecule has 0 radical (unpaired) electrons. The second-order valence-electron chi connectivity index (χ2n) is 7.32. The molecule has 2 saturated heterocycles.